The van der Waals surface area contributed by atoms with Gasteiger partial charge >= 0.3 is 11.9 Å². The number of benzene rings is 2. The zero-order valence-electron chi connectivity index (χ0n) is 14.9. The van der Waals surface area contributed by atoms with Crippen LogP contribution in [0.4, 0.5) is 10.1 Å². The van der Waals surface area contributed by atoms with E-state index in [0.717, 1.165) is 0 Å². The number of esters is 1. The Morgan fingerprint density at radius 3 is 2.37 bits per heavy atom. The monoisotopic (exact) mass is 370 g/mol. The number of anilines is 1. The molecule has 0 radical (unpaired) electrons. The van der Waals surface area contributed by atoms with Crippen LogP contribution in [0.1, 0.15) is 19.4 Å². The summed E-state index contributed by atoms with van der Waals surface area (Å²) < 4.78 is 18.6. The fourth-order valence-corrected chi connectivity index (χ4v) is 3.09. The van der Waals surface area contributed by atoms with Crippen molar-refractivity contribution < 1.29 is 23.8 Å². The molecule has 2 aromatic carbocycles. The van der Waals surface area contributed by atoms with E-state index in [0.29, 0.717) is 17.1 Å². The lowest BCUT2D eigenvalue weighted by Gasteiger charge is -2.31. The van der Waals surface area contributed by atoms with Gasteiger partial charge in [-0.2, -0.15) is 0 Å². The minimum atomic E-state index is -1.76. The summed E-state index contributed by atoms with van der Waals surface area (Å²) in [5.41, 5.74) is -0.672. The average Bonchev–Trinajstić information content (AvgIpc) is 2.98. The Hall–Kier alpha value is -3.22. The molecule has 1 aliphatic heterocycles. The summed E-state index contributed by atoms with van der Waals surface area (Å²) in [6, 6.07) is 13.2. The van der Waals surface area contributed by atoms with E-state index < -0.39 is 29.3 Å². The first-order valence-corrected chi connectivity index (χ1v) is 8.48. The van der Waals surface area contributed by atoms with Gasteiger partial charge < -0.3 is 14.7 Å². The highest BCUT2D eigenvalue weighted by Gasteiger charge is 2.56. The highest BCUT2D eigenvalue weighted by molar-refractivity contribution is 6.17. The predicted molar refractivity (Wildman–Crippen MR) is 98.3 cm³/mol. The van der Waals surface area contributed by atoms with Crippen LogP contribution in [-0.4, -0.2) is 41.1 Å². The van der Waals surface area contributed by atoms with Crippen LogP contribution in [0.25, 0.3) is 0 Å². The summed E-state index contributed by atoms with van der Waals surface area (Å²) in [6.07, 6.45) is 0. The molecule has 2 aromatic rings. The molecule has 2 atom stereocenters. The third-order valence-electron chi connectivity index (χ3n) is 4.44. The molecular weight excluding hydrogens is 351 g/mol. The number of carboxylic acid groups (broad SMARTS) is 1. The van der Waals surface area contributed by atoms with Gasteiger partial charge in [0.05, 0.1) is 6.61 Å². The molecule has 0 bridgehead atoms. The molecule has 0 aromatic heterocycles. The lowest BCUT2D eigenvalue weighted by atomic mass is 9.93. The highest BCUT2D eigenvalue weighted by Crippen LogP contribution is 2.36. The van der Waals surface area contributed by atoms with Gasteiger partial charge in [-0.3, -0.25) is 0 Å². The lowest BCUT2D eigenvalue weighted by molar-refractivity contribution is -0.153. The average molecular weight is 370 g/mol. The van der Waals surface area contributed by atoms with Gasteiger partial charge in [0.1, 0.15) is 11.7 Å². The van der Waals surface area contributed by atoms with Gasteiger partial charge in [0.2, 0.25) is 0 Å². The van der Waals surface area contributed by atoms with E-state index >= 15 is 0 Å². The van der Waals surface area contributed by atoms with Crippen molar-refractivity contribution in [1.29, 1.82) is 0 Å². The summed E-state index contributed by atoms with van der Waals surface area (Å²) in [5, 5.41) is 9.83. The van der Waals surface area contributed by atoms with Crippen LogP contribution >= 0.6 is 0 Å². The number of nitrogens with zero attached hydrogens (tertiary/aromatic N) is 2. The van der Waals surface area contributed by atoms with Crippen molar-refractivity contribution in [2.45, 2.75) is 25.4 Å². The third kappa shape index (κ3) is 3.28. The van der Waals surface area contributed by atoms with Gasteiger partial charge in [-0.25, -0.2) is 19.0 Å². The molecule has 2 unspecified atom stereocenters. The number of hydrogen-bond acceptors (Lipinski definition) is 5. The third-order valence-corrected chi connectivity index (χ3v) is 4.44. The van der Waals surface area contributed by atoms with Crippen LogP contribution in [0, 0.1) is 5.82 Å². The molecule has 1 heterocycles. The Kier molecular flexibility index (Phi) is 4.94. The molecule has 27 heavy (non-hydrogen) atoms. The molecule has 0 saturated carbocycles. The molecule has 0 spiro atoms. The van der Waals surface area contributed by atoms with Gasteiger partial charge in [0, 0.05) is 11.3 Å². The van der Waals surface area contributed by atoms with Gasteiger partial charge in [0.15, 0.2) is 11.6 Å². The quantitative estimate of drug-likeness (QED) is 0.819. The second kappa shape index (κ2) is 7.19. The van der Waals surface area contributed by atoms with E-state index in [2.05, 4.69) is 4.99 Å². The van der Waals surface area contributed by atoms with Crippen molar-refractivity contribution in [2.75, 3.05) is 11.5 Å². The topological polar surface area (TPSA) is 79.2 Å². The van der Waals surface area contributed by atoms with Crippen molar-refractivity contribution in [1.82, 2.24) is 0 Å². The van der Waals surface area contributed by atoms with Crippen molar-refractivity contribution >= 4 is 23.5 Å². The maximum Gasteiger partial charge on any atom is 0.334 e. The van der Waals surface area contributed by atoms with Crippen LogP contribution < -0.4 is 4.90 Å². The number of aliphatic carboxylic acids is 1. The number of carbonyl (C=O) groups is 2. The number of hydrogen-bond donors (Lipinski definition) is 1. The van der Waals surface area contributed by atoms with Gasteiger partial charge in [-0.15, -0.1) is 0 Å². The minimum absolute atomic E-state index is 0.100. The number of ether oxygens (including phenoxy) is 1. The summed E-state index contributed by atoms with van der Waals surface area (Å²) in [6.45, 7) is 3.12. The van der Waals surface area contributed by atoms with Gasteiger partial charge in [0.25, 0.3) is 0 Å². The zero-order valence-corrected chi connectivity index (χ0v) is 14.9. The molecular formula is C20H19FN2O4. The molecule has 0 aliphatic carbocycles. The first-order chi connectivity index (χ1) is 12.9. The Balaban J connectivity index is 2.21. The summed E-state index contributed by atoms with van der Waals surface area (Å²) in [5.74, 6) is -2.09. The molecule has 140 valence electrons. The SMILES string of the molecule is CCOC(=O)C1N(c2ccc(F)cc2)C(c2ccccc2)=NC1(C)C(=O)O. The van der Waals surface area contributed by atoms with Crippen LogP contribution in [0.3, 0.4) is 0 Å². The number of carbonyl (C=O) groups excluding carboxylic acids is 1. The smallest absolute Gasteiger partial charge is 0.334 e. The van der Waals surface area contributed by atoms with Gasteiger partial charge in [-0.05, 0) is 38.1 Å². The van der Waals surface area contributed by atoms with E-state index in [9.17, 15) is 19.1 Å². The van der Waals surface area contributed by atoms with E-state index in [1.54, 1.807) is 31.2 Å². The molecule has 0 amide bonds. The highest BCUT2D eigenvalue weighted by atomic mass is 19.1. The molecule has 0 fully saturated rings. The van der Waals surface area contributed by atoms with Crippen molar-refractivity contribution in [2.24, 2.45) is 4.99 Å². The number of amidine groups is 1. The first-order valence-electron chi connectivity index (χ1n) is 8.48. The molecule has 3 rings (SSSR count). The molecule has 1 aliphatic rings. The zero-order chi connectivity index (χ0) is 19.6. The largest absolute Gasteiger partial charge is 0.479 e. The van der Waals surface area contributed by atoms with Crippen molar-refractivity contribution in [3.05, 3.63) is 66.0 Å². The molecule has 7 heteroatoms. The molecule has 0 saturated heterocycles. The standard InChI is InChI=1S/C20H19FN2O4/c1-3-27-18(24)16-20(2,19(25)26)22-17(13-7-5-4-6-8-13)23(16)15-11-9-14(21)10-12-15/h4-12,16H,3H2,1-2H3,(H,25,26). The Morgan fingerprint density at radius 1 is 1.19 bits per heavy atom. The fourth-order valence-electron chi connectivity index (χ4n) is 3.09. The maximum atomic E-state index is 13.4. The molecule has 1 N–H and O–H groups in total. The Morgan fingerprint density at radius 2 is 1.81 bits per heavy atom. The van der Waals surface area contributed by atoms with Crippen molar-refractivity contribution in [3.63, 3.8) is 0 Å². The van der Waals surface area contributed by atoms with Crippen LogP contribution in [0.5, 0.6) is 0 Å². The molecule has 6 nitrogen and oxygen atoms in total. The fraction of sp³-hybridized carbons (Fsp3) is 0.250. The van der Waals surface area contributed by atoms with E-state index in [1.807, 2.05) is 6.07 Å². The maximum absolute atomic E-state index is 13.4. The van der Waals surface area contributed by atoms with Crippen molar-refractivity contribution in [3.8, 4) is 0 Å². The van der Waals surface area contributed by atoms with Crippen LogP contribution in [0.15, 0.2) is 59.6 Å². The minimum Gasteiger partial charge on any atom is -0.479 e. The summed E-state index contributed by atoms with van der Waals surface area (Å²) in [4.78, 5) is 30.7. The second-order valence-electron chi connectivity index (χ2n) is 6.26. The number of aliphatic imine (C=N–C) groups is 1. The van der Waals surface area contributed by atoms with E-state index in [4.69, 9.17) is 4.74 Å². The van der Waals surface area contributed by atoms with E-state index in [-0.39, 0.29) is 6.61 Å². The summed E-state index contributed by atoms with van der Waals surface area (Å²) >= 11 is 0. The summed E-state index contributed by atoms with van der Waals surface area (Å²) in [7, 11) is 0. The Labute approximate surface area is 155 Å². The predicted octanol–water partition coefficient (Wildman–Crippen LogP) is 2.87. The van der Waals surface area contributed by atoms with Crippen LogP contribution in [0.2, 0.25) is 0 Å². The lowest BCUT2D eigenvalue weighted by Crippen LogP contribution is -2.55. The normalized spacial score (nSPS) is 21.7. The van der Waals surface area contributed by atoms with Gasteiger partial charge in [-0.1, -0.05) is 30.3 Å². The second-order valence-corrected chi connectivity index (χ2v) is 6.26. The number of rotatable bonds is 5. The number of halogens is 1. The van der Waals surface area contributed by atoms with Crippen LogP contribution in [-0.2, 0) is 14.3 Å². The van der Waals surface area contributed by atoms with E-state index in [1.165, 1.54) is 36.1 Å². The Bertz CT molecular complexity index is 883. The number of carboxylic acids is 1. The first kappa shape index (κ1) is 18.6.